The first kappa shape index (κ1) is 14.3. The Morgan fingerprint density at radius 3 is 2.80 bits per heavy atom. The van der Waals surface area contributed by atoms with Crippen molar-refractivity contribution in [1.29, 1.82) is 0 Å². The van der Waals surface area contributed by atoms with Gasteiger partial charge < -0.3 is 15.2 Å². The van der Waals surface area contributed by atoms with E-state index in [0.717, 1.165) is 18.9 Å². The first-order valence-corrected chi connectivity index (χ1v) is 6.43. The van der Waals surface area contributed by atoms with Crippen molar-refractivity contribution in [2.45, 2.75) is 25.0 Å². The molecular weight excluding hydrogens is 258 g/mol. The maximum absolute atomic E-state index is 12.0. The molecule has 0 radical (unpaired) electrons. The molecule has 2 N–H and O–H groups in total. The van der Waals surface area contributed by atoms with Gasteiger partial charge in [-0.3, -0.25) is 4.79 Å². The summed E-state index contributed by atoms with van der Waals surface area (Å²) >= 11 is 0. The summed E-state index contributed by atoms with van der Waals surface area (Å²) in [6.45, 7) is 0. The van der Waals surface area contributed by atoms with Gasteiger partial charge in [-0.15, -0.1) is 0 Å². The third-order valence-electron chi connectivity index (χ3n) is 3.33. The van der Waals surface area contributed by atoms with E-state index in [2.05, 4.69) is 5.32 Å². The molecule has 1 aromatic rings. The molecule has 1 aliphatic carbocycles. The van der Waals surface area contributed by atoms with Crippen molar-refractivity contribution in [3.8, 4) is 0 Å². The molecular formula is C15H17NO4. The summed E-state index contributed by atoms with van der Waals surface area (Å²) in [5.74, 6) is -1.16. The molecule has 1 amide bonds. The van der Waals surface area contributed by atoms with E-state index in [1.165, 1.54) is 6.08 Å². The first-order chi connectivity index (χ1) is 9.58. The van der Waals surface area contributed by atoms with E-state index in [4.69, 9.17) is 9.84 Å². The van der Waals surface area contributed by atoms with Gasteiger partial charge in [0.15, 0.2) is 0 Å². The molecule has 20 heavy (non-hydrogen) atoms. The number of carbonyl (C=O) groups is 2. The Bertz CT molecular complexity index is 532. The molecule has 0 spiro atoms. The summed E-state index contributed by atoms with van der Waals surface area (Å²) in [6, 6.07) is 7.02. The number of aliphatic carboxylic acids is 1. The molecule has 0 heterocycles. The van der Waals surface area contributed by atoms with Crippen LogP contribution >= 0.6 is 0 Å². The molecule has 0 unspecified atom stereocenters. The SMILES string of the molecule is COC1CC(NC(=O)c2cccc(/C=C/C(=O)O)c2)C1. The highest BCUT2D eigenvalue weighted by atomic mass is 16.5. The van der Waals surface area contributed by atoms with Gasteiger partial charge in [-0.2, -0.15) is 0 Å². The standard InChI is InChI=1S/C15H17NO4/c1-20-13-8-12(9-13)16-15(19)11-4-2-3-10(7-11)5-6-14(17)18/h2-7,12-13H,8-9H2,1H3,(H,16,19)(H,17,18)/b6-5+. The number of carbonyl (C=O) groups excluding carboxylic acids is 1. The fraction of sp³-hybridized carbons (Fsp3) is 0.333. The van der Waals surface area contributed by atoms with Crippen molar-refractivity contribution >= 4 is 18.0 Å². The Labute approximate surface area is 117 Å². The zero-order valence-corrected chi connectivity index (χ0v) is 11.2. The van der Waals surface area contributed by atoms with Gasteiger partial charge in [0, 0.05) is 24.8 Å². The molecule has 0 saturated heterocycles. The minimum atomic E-state index is -1.01. The smallest absolute Gasteiger partial charge is 0.328 e. The van der Waals surface area contributed by atoms with Gasteiger partial charge in [-0.1, -0.05) is 12.1 Å². The number of ether oxygens (including phenoxy) is 1. The molecule has 106 valence electrons. The lowest BCUT2D eigenvalue weighted by molar-refractivity contribution is -0.131. The molecule has 0 aromatic heterocycles. The number of carboxylic acid groups (broad SMARTS) is 1. The van der Waals surface area contributed by atoms with E-state index in [1.807, 2.05) is 0 Å². The molecule has 1 aliphatic rings. The average Bonchev–Trinajstić information content (AvgIpc) is 2.40. The minimum absolute atomic E-state index is 0.143. The highest BCUT2D eigenvalue weighted by molar-refractivity contribution is 5.95. The molecule has 0 atom stereocenters. The van der Waals surface area contributed by atoms with E-state index in [1.54, 1.807) is 31.4 Å². The summed E-state index contributed by atoms with van der Waals surface area (Å²) in [6.07, 6.45) is 4.42. The largest absolute Gasteiger partial charge is 0.478 e. The van der Waals surface area contributed by atoms with Crippen molar-refractivity contribution < 1.29 is 19.4 Å². The van der Waals surface area contributed by atoms with Gasteiger partial charge in [0.05, 0.1) is 6.10 Å². The van der Waals surface area contributed by atoms with Crippen LogP contribution < -0.4 is 5.32 Å². The second-order valence-corrected chi connectivity index (χ2v) is 4.80. The van der Waals surface area contributed by atoms with E-state index in [0.29, 0.717) is 11.1 Å². The fourth-order valence-corrected chi connectivity index (χ4v) is 2.10. The Morgan fingerprint density at radius 1 is 1.40 bits per heavy atom. The maximum Gasteiger partial charge on any atom is 0.328 e. The molecule has 2 rings (SSSR count). The Balaban J connectivity index is 1.96. The number of amides is 1. The lowest BCUT2D eigenvalue weighted by Crippen LogP contribution is -2.47. The van der Waals surface area contributed by atoms with E-state index in [-0.39, 0.29) is 18.1 Å². The van der Waals surface area contributed by atoms with Crippen LogP contribution in [0.4, 0.5) is 0 Å². The van der Waals surface area contributed by atoms with Crippen LogP contribution in [0.5, 0.6) is 0 Å². The Morgan fingerprint density at radius 2 is 2.15 bits per heavy atom. The van der Waals surface area contributed by atoms with Crippen LogP contribution in [-0.4, -0.2) is 36.2 Å². The lowest BCUT2D eigenvalue weighted by atomic mass is 9.89. The van der Waals surface area contributed by atoms with Crippen molar-refractivity contribution in [3.05, 3.63) is 41.5 Å². The van der Waals surface area contributed by atoms with Crippen molar-refractivity contribution in [3.63, 3.8) is 0 Å². The topological polar surface area (TPSA) is 75.6 Å². The Hall–Kier alpha value is -2.14. The Kier molecular flexibility index (Phi) is 4.53. The molecule has 1 saturated carbocycles. The molecule has 1 fully saturated rings. The number of hydrogen-bond donors (Lipinski definition) is 2. The van der Waals surface area contributed by atoms with Gasteiger partial charge in [0.1, 0.15) is 0 Å². The predicted octanol–water partition coefficient (Wildman–Crippen LogP) is 1.69. The van der Waals surface area contributed by atoms with Crippen LogP contribution in [0, 0.1) is 0 Å². The lowest BCUT2D eigenvalue weighted by Gasteiger charge is -2.34. The number of benzene rings is 1. The maximum atomic E-state index is 12.0. The number of nitrogens with one attached hydrogen (secondary N) is 1. The number of rotatable bonds is 5. The van der Waals surface area contributed by atoms with Crippen LogP contribution in [0.1, 0.15) is 28.8 Å². The van der Waals surface area contributed by atoms with Crippen LogP contribution in [0.3, 0.4) is 0 Å². The second kappa shape index (κ2) is 6.34. The quantitative estimate of drug-likeness (QED) is 0.802. The summed E-state index contributed by atoms with van der Waals surface area (Å²) < 4.78 is 5.16. The van der Waals surface area contributed by atoms with Crippen molar-refractivity contribution in [1.82, 2.24) is 5.32 Å². The van der Waals surface area contributed by atoms with Crippen molar-refractivity contribution in [2.75, 3.05) is 7.11 Å². The number of methoxy groups -OCH3 is 1. The van der Waals surface area contributed by atoms with Gasteiger partial charge in [0.25, 0.3) is 5.91 Å². The fourth-order valence-electron chi connectivity index (χ4n) is 2.10. The second-order valence-electron chi connectivity index (χ2n) is 4.80. The van der Waals surface area contributed by atoms with Gasteiger partial charge in [-0.05, 0) is 36.6 Å². The average molecular weight is 275 g/mol. The van der Waals surface area contributed by atoms with E-state index >= 15 is 0 Å². The monoisotopic (exact) mass is 275 g/mol. The highest BCUT2D eigenvalue weighted by Crippen LogP contribution is 2.22. The van der Waals surface area contributed by atoms with E-state index in [9.17, 15) is 9.59 Å². The summed E-state index contributed by atoms with van der Waals surface area (Å²) in [5, 5.41) is 11.5. The zero-order chi connectivity index (χ0) is 14.5. The molecule has 5 heteroatoms. The summed E-state index contributed by atoms with van der Waals surface area (Å²) in [4.78, 5) is 22.5. The third-order valence-corrected chi connectivity index (χ3v) is 3.33. The van der Waals surface area contributed by atoms with Gasteiger partial charge in [0.2, 0.25) is 0 Å². The van der Waals surface area contributed by atoms with Gasteiger partial charge >= 0.3 is 5.97 Å². The minimum Gasteiger partial charge on any atom is -0.478 e. The van der Waals surface area contributed by atoms with Crippen LogP contribution in [0.25, 0.3) is 6.08 Å². The molecule has 5 nitrogen and oxygen atoms in total. The van der Waals surface area contributed by atoms with Crippen LogP contribution in [-0.2, 0) is 9.53 Å². The van der Waals surface area contributed by atoms with E-state index < -0.39 is 5.97 Å². The van der Waals surface area contributed by atoms with Crippen LogP contribution in [0.2, 0.25) is 0 Å². The number of hydrogen-bond acceptors (Lipinski definition) is 3. The summed E-state index contributed by atoms with van der Waals surface area (Å²) in [5.41, 5.74) is 1.21. The summed E-state index contributed by atoms with van der Waals surface area (Å²) in [7, 11) is 1.67. The van der Waals surface area contributed by atoms with Gasteiger partial charge in [-0.25, -0.2) is 4.79 Å². The number of carboxylic acids is 1. The third kappa shape index (κ3) is 3.68. The van der Waals surface area contributed by atoms with Crippen molar-refractivity contribution in [2.24, 2.45) is 0 Å². The molecule has 0 aliphatic heterocycles. The predicted molar refractivity (Wildman–Crippen MR) is 74.4 cm³/mol. The molecule has 0 bridgehead atoms. The molecule has 1 aromatic carbocycles. The highest BCUT2D eigenvalue weighted by Gasteiger charge is 2.30. The zero-order valence-electron chi connectivity index (χ0n) is 11.2. The first-order valence-electron chi connectivity index (χ1n) is 6.43. The normalized spacial score (nSPS) is 21.4. The van der Waals surface area contributed by atoms with Crippen LogP contribution in [0.15, 0.2) is 30.3 Å².